The van der Waals surface area contributed by atoms with Gasteiger partial charge in [-0.2, -0.15) is 5.10 Å². The van der Waals surface area contributed by atoms with Crippen LogP contribution in [0.25, 0.3) is 0 Å². The summed E-state index contributed by atoms with van der Waals surface area (Å²) in [6.45, 7) is 4.84. The molecule has 0 radical (unpaired) electrons. The van der Waals surface area contributed by atoms with Gasteiger partial charge >= 0.3 is 5.97 Å². The molecule has 1 amide bonds. The second-order valence-electron chi connectivity index (χ2n) is 4.84. The molecular weight excluding hydrogens is 246 g/mol. The van der Waals surface area contributed by atoms with Crippen LogP contribution in [0.5, 0.6) is 0 Å². The van der Waals surface area contributed by atoms with E-state index >= 15 is 0 Å². The Balaban J connectivity index is 2.28. The molecule has 0 aromatic carbocycles. The molecule has 1 aromatic heterocycles. The van der Waals surface area contributed by atoms with Crippen molar-refractivity contribution in [2.75, 3.05) is 6.54 Å². The van der Waals surface area contributed by atoms with Crippen LogP contribution in [0.1, 0.15) is 42.4 Å². The molecule has 0 bridgehead atoms. The number of carbonyl (C=O) groups excluding carboxylic acids is 1. The second kappa shape index (κ2) is 5.42. The first-order chi connectivity index (χ1) is 9.04. The minimum atomic E-state index is -0.924. The number of aromatic nitrogens is 2. The minimum absolute atomic E-state index is 0.227. The first-order valence-corrected chi connectivity index (χ1v) is 6.62. The highest BCUT2D eigenvalue weighted by atomic mass is 16.4. The van der Waals surface area contributed by atoms with Crippen LogP contribution in [-0.2, 0) is 11.3 Å². The van der Waals surface area contributed by atoms with Gasteiger partial charge < -0.3 is 10.0 Å². The number of nitrogens with zero attached hydrogens (tertiary/aromatic N) is 3. The van der Waals surface area contributed by atoms with E-state index in [2.05, 4.69) is 5.10 Å². The summed E-state index contributed by atoms with van der Waals surface area (Å²) in [6, 6.07) is 1.01. The lowest BCUT2D eigenvalue weighted by molar-refractivity contribution is -0.143. The van der Waals surface area contributed by atoms with E-state index in [1.54, 1.807) is 10.7 Å². The number of likely N-dealkylation sites (tertiary alicyclic amines) is 1. The predicted octanol–water partition coefficient (Wildman–Crippen LogP) is 1.29. The molecule has 0 saturated carbocycles. The maximum atomic E-state index is 12.5. The Bertz CT molecular complexity index is 495. The zero-order valence-corrected chi connectivity index (χ0v) is 11.3. The number of aliphatic carboxylic acids is 1. The SMILES string of the molecule is CCn1nc(C)cc1C(=O)N1CCCC[C@@H]1C(=O)O. The molecule has 1 N–H and O–H groups in total. The zero-order valence-electron chi connectivity index (χ0n) is 11.3. The fourth-order valence-electron chi connectivity index (χ4n) is 2.54. The smallest absolute Gasteiger partial charge is 0.326 e. The standard InChI is InChI=1S/C13H19N3O3/c1-3-16-11(8-9(2)14-16)12(17)15-7-5-4-6-10(15)13(18)19/h8,10H,3-7H2,1-2H3,(H,18,19)/t10-/m1/s1. The Labute approximate surface area is 112 Å². The Kier molecular flexibility index (Phi) is 3.87. The molecule has 104 valence electrons. The minimum Gasteiger partial charge on any atom is -0.480 e. The number of piperidine rings is 1. The average Bonchev–Trinajstić information content (AvgIpc) is 2.79. The van der Waals surface area contributed by atoms with Gasteiger partial charge in [-0.3, -0.25) is 9.48 Å². The summed E-state index contributed by atoms with van der Waals surface area (Å²) < 4.78 is 1.63. The highest BCUT2D eigenvalue weighted by Gasteiger charge is 2.33. The summed E-state index contributed by atoms with van der Waals surface area (Å²) in [4.78, 5) is 25.2. The lowest BCUT2D eigenvalue weighted by Gasteiger charge is -2.32. The summed E-state index contributed by atoms with van der Waals surface area (Å²) in [5.74, 6) is -1.15. The lowest BCUT2D eigenvalue weighted by Crippen LogP contribution is -2.48. The van der Waals surface area contributed by atoms with Gasteiger partial charge in [-0.05, 0) is 39.2 Å². The Morgan fingerprint density at radius 3 is 2.84 bits per heavy atom. The molecule has 19 heavy (non-hydrogen) atoms. The van der Waals surface area contributed by atoms with Crippen LogP contribution in [0.4, 0.5) is 0 Å². The number of carbonyl (C=O) groups is 2. The topological polar surface area (TPSA) is 75.4 Å². The van der Waals surface area contributed by atoms with Crippen molar-refractivity contribution in [2.24, 2.45) is 0 Å². The quantitative estimate of drug-likeness (QED) is 0.893. The molecule has 1 aliphatic rings. The Morgan fingerprint density at radius 1 is 1.47 bits per heavy atom. The number of amides is 1. The highest BCUT2D eigenvalue weighted by Crippen LogP contribution is 2.20. The van der Waals surface area contributed by atoms with E-state index in [0.717, 1.165) is 18.5 Å². The summed E-state index contributed by atoms with van der Waals surface area (Å²) in [5, 5.41) is 13.5. The van der Waals surface area contributed by atoms with Gasteiger partial charge in [0.2, 0.25) is 0 Å². The second-order valence-corrected chi connectivity index (χ2v) is 4.84. The molecule has 6 nitrogen and oxygen atoms in total. The average molecular weight is 265 g/mol. The molecule has 2 heterocycles. The van der Waals surface area contributed by atoms with E-state index in [1.807, 2.05) is 13.8 Å². The summed E-state index contributed by atoms with van der Waals surface area (Å²) >= 11 is 0. The monoisotopic (exact) mass is 265 g/mol. The number of carboxylic acid groups (broad SMARTS) is 1. The van der Waals surface area contributed by atoms with Crippen LogP contribution in [0.15, 0.2) is 6.07 Å². The van der Waals surface area contributed by atoms with Crippen molar-refractivity contribution in [3.8, 4) is 0 Å². The maximum Gasteiger partial charge on any atom is 0.326 e. The van der Waals surface area contributed by atoms with Crippen molar-refractivity contribution < 1.29 is 14.7 Å². The molecule has 1 fully saturated rings. The first-order valence-electron chi connectivity index (χ1n) is 6.62. The van der Waals surface area contributed by atoms with E-state index in [1.165, 1.54) is 4.90 Å². The van der Waals surface area contributed by atoms with Crippen molar-refractivity contribution in [2.45, 2.75) is 45.7 Å². The zero-order chi connectivity index (χ0) is 14.0. The van der Waals surface area contributed by atoms with E-state index in [4.69, 9.17) is 0 Å². The molecule has 0 spiro atoms. The largest absolute Gasteiger partial charge is 0.480 e. The van der Waals surface area contributed by atoms with Gasteiger partial charge in [-0.1, -0.05) is 0 Å². The number of rotatable bonds is 3. The molecule has 1 saturated heterocycles. The molecule has 1 aliphatic heterocycles. The molecule has 1 aromatic rings. The third-order valence-corrected chi connectivity index (χ3v) is 3.47. The normalized spacial score (nSPS) is 19.5. The number of carboxylic acids is 1. The van der Waals surface area contributed by atoms with Gasteiger partial charge in [0.25, 0.3) is 5.91 Å². The van der Waals surface area contributed by atoms with Crippen molar-refractivity contribution >= 4 is 11.9 Å². The number of aryl methyl sites for hydroxylation is 2. The first kappa shape index (κ1) is 13.6. The summed E-state index contributed by atoms with van der Waals surface area (Å²) in [6.07, 6.45) is 2.24. The molecule has 6 heteroatoms. The molecule has 0 unspecified atom stereocenters. The van der Waals surface area contributed by atoms with Crippen molar-refractivity contribution in [3.05, 3.63) is 17.5 Å². The van der Waals surface area contributed by atoms with Crippen molar-refractivity contribution in [1.82, 2.24) is 14.7 Å². The molecule has 1 atom stereocenters. The Morgan fingerprint density at radius 2 is 2.21 bits per heavy atom. The van der Waals surface area contributed by atoms with Gasteiger partial charge in [-0.25, -0.2) is 4.79 Å². The van der Waals surface area contributed by atoms with Crippen molar-refractivity contribution in [1.29, 1.82) is 0 Å². The van der Waals surface area contributed by atoms with E-state index < -0.39 is 12.0 Å². The van der Waals surface area contributed by atoms with E-state index in [-0.39, 0.29) is 5.91 Å². The van der Waals surface area contributed by atoms with Crippen LogP contribution >= 0.6 is 0 Å². The van der Waals surface area contributed by atoms with E-state index in [9.17, 15) is 14.7 Å². The van der Waals surface area contributed by atoms with Gasteiger partial charge in [0.05, 0.1) is 5.69 Å². The number of hydrogen-bond acceptors (Lipinski definition) is 3. The van der Waals surface area contributed by atoms with Gasteiger partial charge in [-0.15, -0.1) is 0 Å². The Hall–Kier alpha value is -1.85. The number of hydrogen-bond donors (Lipinski definition) is 1. The van der Waals surface area contributed by atoms with Crippen molar-refractivity contribution in [3.63, 3.8) is 0 Å². The third-order valence-electron chi connectivity index (χ3n) is 3.47. The summed E-state index contributed by atoms with van der Waals surface area (Å²) in [7, 11) is 0. The van der Waals surface area contributed by atoms with Gasteiger partial charge in [0, 0.05) is 13.1 Å². The highest BCUT2D eigenvalue weighted by molar-refractivity contribution is 5.95. The summed E-state index contributed by atoms with van der Waals surface area (Å²) in [5.41, 5.74) is 1.25. The fraction of sp³-hybridized carbons (Fsp3) is 0.615. The van der Waals surface area contributed by atoms with E-state index in [0.29, 0.717) is 25.2 Å². The maximum absolute atomic E-state index is 12.5. The van der Waals surface area contributed by atoms with Crippen LogP contribution in [-0.4, -0.2) is 44.3 Å². The van der Waals surface area contributed by atoms with Crippen LogP contribution < -0.4 is 0 Å². The fourth-order valence-corrected chi connectivity index (χ4v) is 2.54. The predicted molar refractivity (Wildman–Crippen MR) is 68.9 cm³/mol. The van der Waals surface area contributed by atoms with Crippen LogP contribution in [0.2, 0.25) is 0 Å². The third kappa shape index (κ3) is 2.62. The molecule has 0 aliphatic carbocycles. The lowest BCUT2D eigenvalue weighted by atomic mass is 10.0. The van der Waals surface area contributed by atoms with Crippen LogP contribution in [0.3, 0.4) is 0 Å². The van der Waals surface area contributed by atoms with Gasteiger partial charge in [0.1, 0.15) is 11.7 Å². The van der Waals surface area contributed by atoms with Gasteiger partial charge in [0.15, 0.2) is 0 Å². The van der Waals surface area contributed by atoms with Crippen LogP contribution in [0, 0.1) is 6.92 Å². The molecular formula is C13H19N3O3. The molecule has 2 rings (SSSR count).